The average Bonchev–Trinajstić information content (AvgIpc) is 2.67. The van der Waals surface area contributed by atoms with E-state index in [9.17, 15) is 13.2 Å². The summed E-state index contributed by atoms with van der Waals surface area (Å²) in [6.45, 7) is 2.39. The molecule has 0 aromatic heterocycles. The fraction of sp³-hybridized carbons (Fsp3) is 0.381. The molecule has 0 bridgehead atoms. The second-order valence-electron chi connectivity index (χ2n) is 7.56. The van der Waals surface area contributed by atoms with E-state index >= 15 is 0 Å². The van der Waals surface area contributed by atoms with E-state index < -0.39 is 15.6 Å². The van der Waals surface area contributed by atoms with Gasteiger partial charge in [0.1, 0.15) is 17.1 Å². The molecule has 2 aromatic rings. The Morgan fingerprint density at radius 2 is 1.86 bits per heavy atom. The average molecular weight is 436 g/mol. The summed E-state index contributed by atoms with van der Waals surface area (Å²) >= 11 is 6.05. The molecular formula is C21H22ClNO5S. The van der Waals surface area contributed by atoms with Gasteiger partial charge >= 0.3 is 0 Å². The van der Waals surface area contributed by atoms with Crippen LogP contribution in [0.1, 0.15) is 35.2 Å². The highest BCUT2D eigenvalue weighted by molar-refractivity contribution is 7.89. The first-order chi connectivity index (χ1) is 13.7. The van der Waals surface area contributed by atoms with E-state index in [1.807, 2.05) is 6.92 Å². The zero-order chi connectivity index (χ0) is 20.8. The molecule has 2 aliphatic heterocycles. The van der Waals surface area contributed by atoms with Crippen molar-refractivity contribution in [3.8, 4) is 11.5 Å². The molecule has 0 atom stereocenters. The lowest BCUT2D eigenvalue weighted by molar-refractivity contribution is 0.00592. The lowest BCUT2D eigenvalue weighted by atomic mass is 9.83. The number of aryl methyl sites for hydroxylation is 1. The number of sulfonamides is 1. The van der Waals surface area contributed by atoms with Crippen LogP contribution >= 0.6 is 11.6 Å². The van der Waals surface area contributed by atoms with Crippen molar-refractivity contribution >= 4 is 27.4 Å². The standard InChI is InChI=1S/C21H22ClNO5S/c1-14-11-16(4-6-19(14)27-2)29(25,26)23-9-7-21(8-10-23)13-18(24)17-5-3-15(22)12-20(17)28-21/h3-6,11-12H,7-10,13H2,1-2H3. The van der Waals surface area contributed by atoms with Gasteiger partial charge in [-0.15, -0.1) is 0 Å². The second-order valence-corrected chi connectivity index (χ2v) is 9.94. The summed E-state index contributed by atoms with van der Waals surface area (Å²) in [6, 6.07) is 9.85. The Morgan fingerprint density at radius 3 is 2.52 bits per heavy atom. The summed E-state index contributed by atoms with van der Waals surface area (Å²) in [7, 11) is -2.08. The Kier molecular flexibility index (Phi) is 5.09. The Balaban J connectivity index is 1.53. The molecule has 154 valence electrons. The van der Waals surface area contributed by atoms with Crippen molar-refractivity contribution in [2.45, 2.75) is 36.7 Å². The third kappa shape index (κ3) is 3.63. The Bertz CT molecular complexity index is 1070. The van der Waals surface area contributed by atoms with Crippen molar-refractivity contribution < 1.29 is 22.7 Å². The van der Waals surface area contributed by atoms with Gasteiger partial charge in [0.25, 0.3) is 0 Å². The first kappa shape index (κ1) is 20.2. The molecule has 0 amide bonds. The number of rotatable bonds is 3. The highest BCUT2D eigenvalue weighted by atomic mass is 35.5. The van der Waals surface area contributed by atoms with Gasteiger partial charge in [-0.05, 0) is 48.9 Å². The van der Waals surface area contributed by atoms with E-state index in [4.69, 9.17) is 21.1 Å². The molecule has 8 heteroatoms. The predicted octanol–water partition coefficient (Wildman–Crippen LogP) is 3.85. The summed E-state index contributed by atoms with van der Waals surface area (Å²) in [5.41, 5.74) is 0.608. The molecule has 0 unspecified atom stereocenters. The zero-order valence-corrected chi connectivity index (χ0v) is 17.8. The third-order valence-corrected chi connectivity index (χ3v) is 7.82. The lowest BCUT2D eigenvalue weighted by Gasteiger charge is -2.43. The lowest BCUT2D eigenvalue weighted by Crippen LogP contribution is -2.52. The number of nitrogens with zero attached hydrogens (tertiary/aromatic N) is 1. The van der Waals surface area contributed by atoms with Crippen molar-refractivity contribution in [1.29, 1.82) is 0 Å². The zero-order valence-electron chi connectivity index (χ0n) is 16.3. The van der Waals surface area contributed by atoms with Gasteiger partial charge in [0, 0.05) is 31.0 Å². The number of hydrogen-bond donors (Lipinski definition) is 0. The quantitative estimate of drug-likeness (QED) is 0.732. The minimum atomic E-state index is -3.63. The van der Waals surface area contributed by atoms with Crippen LogP contribution in [0, 0.1) is 6.92 Å². The predicted molar refractivity (Wildman–Crippen MR) is 109 cm³/mol. The molecule has 1 saturated heterocycles. The number of carbonyl (C=O) groups excluding carboxylic acids is 1. The molecule has 0 aliphatic carbocycles. The summed E-state index contributed by atoms with van der Waals surface area (Å²) in [6.07, 6.45) is 1.13. The number of Topliss-reactive ketones (excluding diaryl/α,β-unsaturated/α-hetero) is 1. The van der Waals surface area contributed by atoms with Crippen LogP contribution in [0.25, 0.3) is 0 Å². The van der Waals surface area contributed by atoms with E-state index in [0.29, 0.717) is 34.9 Å². The van der Waals surface area contributed by atoms with E-state index in [0.717, 1.165) is 5.56 Å². The smallest absolute Gasteiger partial charge is 0.243 e. The van der Waals surface area contributed by atoms with Crippen LogP contribution in [-0.4, -0.2) is 44.3 Å². The number of methoxy groups -OCH3 is 1. The van der Waals surface area contributed by atoms with Gasteiger partial charge in [0.05, 0.1) is 24.0 Å². The number of ketones is 1. The van der Waals surface area contributed by atoms with Crippen LogP contribution < -0.4 is 9.47 Å². The summed E-state index contributed by atoms with van der Waals surface area (Å²) in [5.74, 6) is 1.13. The van der Waals surface area contributed by atoms with Gasteiger partial charge in [0.15, 0.2) is 5.78 Å². The number of ether oxygens (including phenoxy) is 2. The Labute approximate surface area is 175 Å². The van der Waals surface area contributed by atoms with Gasteiger partial charge < -0.3 is 9.47 Å². The third-order valence-electron chi connectivity index (χ3n) is 5.69. The molecule has 29 heavy (non-hydrogen) atoms. The molecule has 2 aromatic carbocycles. The van der Waals surface area contributed by atoms with Crippen LogP contribution in [-0.2, 0) is 10.0 Å². The molecule has 0 radical (unpaired) electrons. The van der Waals surface area contributed by atoms with Gasteiger partial charge in [-0.1, -0.05) is 11.6 Å². The van der Waals surface area contributed by atoms with Crippen molar-refractivity contribution in [2.24, 2.45) is 0 Å². The molecule has 4 rings (SSSR count). The minimum absolute atomic E-state index is 0.00463. The van der Waals surface area contributed by atoms with E-state index in [1.54, 1.807) is 43.5 Å². The first-order valence-corrected chi connectivity index (χ1v) is 11.2. The maximum atomic E-state index is 13.1. The first-order valence-electron chi connectivity index (χ1n) is 9.41. The van der Waals surface area contributed by atoms with Crippen molar-refractivity contribution in [3.05, 3.63) is 52.5 Å². The summed E-state index contributed by atoms with van der Waals surface area (Å²) in [5, 5.41) is 0.503. The van der Waals surface area contributed by atoms with Crippen LogP contribution in [0.15, 0.2) is 41.3 Å². The fourth-order valence-electron chi connectivity index (χ4n) is 4.04. The number of hydrogen-bond acceptors (Lipinski definition) is 5. The van der Waals surface area contributed by atoms with Gasteiger partial charge in [0.2, 0.25) is 10.0 Å². The summed E-state index contributed by atoms with van der Waals surface area (Å²) in [4.78, 5) is 12.8. The van der Waals surface area contributed by atoms with Gasteiger partial charge in [-0.2, -0.15) is 4.31 Å². The van der Waals surface area contributed by atoms with Crippen LogP contribution in [0.3, 0.4) is 0 Å². The molecular weight excluding hydrogens is 414 g/mol. The van der Waals surface area contributed by atoms with Crippen molar-refractivity contribution in [3.63, 3.8) is 0 Å². The number of halogens is 1. The Hall–Kier alpha value is -2.09. The fourth-order valence-corrected chi connectivity index (χ4v) is 5.73. The number of fused-ring (bicyclic) bond motifs is 1. The monoisotopic (exact) mass is 435 g/mol. The van der Waals surface area contributed by atoms with Crippen LogP contribution in [0.5, 0.6) is 11.5 Å². The molecule has 0 saturated carbocycles. The van der Waals surface area contributed by atoms with Gasteiger partial charge in [-0.3, -0.25) is 4.79 Å². The molecule has 0 N–H and O–H groups in total. The highest BCUT2D eigenvalue weighted by Crippen LogP contribution is 2.41. The largest absolute Gasteiger partial charge is 0.496 e. The van der Waals surface area contributed by atoms with Crippen LogP contribution in [0.2, 0.25) is 5.02 Å². The second kappa shape index (κ2) is 7.31. The van der Waals surface area contributed by atoms with Crippen molar-refractivity contribution in [1.82, 2.24) is 4.31 Å². The highest BCUT2D eigenvalue weighted by Gasteiger charge is 2.45. The number of benzene rings is 2. The van der Waals surface area contributed by atoms with E-state index in [-0.39, 0.29) is 30.2 Å². The minimum Gasteiger partial charge on any atom is -0.496 e. The Morgan fingerprint density at radius 1 is 1.14 bits per heavy atom. The topological polar surface area (TPSA) is 72.9 Å². The molecule has 2 heterocycles. The van der Waals surface area contributed by atoms with Crippen LogP contribution in [0.4, 0.5) is 0 Å². The SMILES string of the molecule is COc1ccc(S(=O)(=O)N2CCC3(CC2)CC(=O)c2ccc(Cl)cc2O3)cc1C. The van der Waals surface area contributed by atoms with E-state index in [1.165, 1.54) is 4.31 Å². The molecule has 6 nitrogen and oxygen atoms in total. The molecule has 1 spiro atoms. The maximum absolute atomic E-state index is 13.1. The number of piperidine rings is 1. The van der Waals surface area contributed by atoms with Gasteiger partial charge in [-0.25, -0.2) is 8.42 Å². The molecule has 1 fully saturated rings. The summed E-state index contributed by atoms with van der Waals surface area (Å²) < 4.78 is 39.0. The molecule has 2 aliphatic rings. The van der Waals surface area contributed by atoms with E-state index in [2.05, 4.69) is 0 Å². The van der Waals surface area contributed by atoms with Crippen molar-refractivity contribution in [2.75, 3.05) is 20.2 Å². The maximum Gasteiger partial charge on any atom is 0.243 e. The number of carbonyl (C=O) groups is 1. The normalized spacial score (nSPS) is 18.9.